The van der Waals surface area contributed by atoms with E-state index in [4.69, 9.17) is 4.52 Å². The van der Waals surface area contributed by atoms with Crippen molar-refractivity contribution in [3.05, 3.63) is 119 Å². The van der Waals surface area contributed by atoms with Gasteiger partial charge in [0.15, 0.2) is 0 Å². The molecule has 1 unspecified atom stereocenters. The van der Waals surface area contributed by atoms with Gasteiger partial charge in [0, 0.05) is 28.3 Å². The number of aldehydes is 1. The molecular formula is C34H29F2N3O3. The number of nitrogens with one attached hydrogen (secondary N) is 1. The molecule has 0 bridgehead atoms. The van der Waals surface area contributed by atoms with Gasteiger partial charge in [0.05, 0.1) is 6.04 Å². The van der Waals surface area contributed by atoms with Crippen LogP contribution in [0.3, 0.4) is 0 Å². The summed E-state index contributed by atoms with van der Waals surface area (Å²) in [5, 5.41) is 6.86. The van der Waals surface area contributed by atoms with Crippen LogP contribution < -0.4 is 5.32 Å². The van der Waals surface area contributed by atoms with Gasteiger partial charge in [0.25, 0.3) is 11.8 Å². The van der Waals surface area contributed by atoms with Crippen LogP contribution >= 0.6 is 0 Å². The molecular weight excluding hydrogens is 536 g/mol. The summed E-state index contributed by atoms with van der Waals surface area (Å²) in [6.45, 7) is 6.32. The second-order valence-corrected chi connectivity index (χ2v) is 11.1. The molecule has 1 amide bonds. The fourth-order valence-electron chi connectivity index (χ4n) is 4.52. The lowest BCUT2D eigenvalue weighted by Crippen LogP contribution is -2.37. The minimum Gasteiger partial charge on any atom is -0.342 e. The molecule has 0 saturated carbocycles. The highest BCUT2D eigenvalue weighted by atomic mass is 19.1. The predicted octanol–water partition coefficient (Wildman–Crippen LogP) is 7.19. The Morgan fingerprint density at radius 3 is 2.14 bits per heavy atom. The third-order valence-corrected chi connectivity index (χ3v) is 6.96. The van der Waals surface area contributed by atoms with E-state index in [9.17, 15) is 18.4 Å². The molecule has 6 nitrogen and oxygen atoms in total. The monoisotopic (exact) mass is 565 g/mol. The van der Waals surface area contributed by atoms with Crippen molar-refractivity contribution >= 4 is 12.2 Å². The van der Waals surface area contributed by atoms with Crippen LogP contribution in [0.25, 0.3) is 34.0 Å². The van der Waals surface area contributed by atoms with E-state index >= 15 is 0 Å². The summed E-state index contributed by atoms with van der Waals surface area (Å²) in [4.78, 5) is 28.9. The molecule has 0 aliphatic heterocycles. The Morgan fingerprint density at radius 2 is 1.52 bits per heavy atom. The second-order valence-electron chi connectivity index (χ2n) is 11.1. The van der Waals surface area contributed by atoms with Crippen molar-refractivity contribution in [3.63, 3.8) is 0 Å². The Morgan fingerprint density at radius 1 is 0.881 bits per heavy atom. The topological polar surface area (TPSA) is 85.1 Å². The molecule has 1 heterocycles. The summed E-state index contributed by atoms with van der Waals surface area (Å²) >= 11 is 0. The third kappa shape index (κ3) is 6.49. The number of carbonyl (C=O) groups is 2. The predicted molar refractivity (Wildman–Crippen MR) is 157 cm³/mol. The summed E-state index contributed by atoms with van der Waals surface area (Å²) in [6, 6.07) is 24.3. The van der Waals surface area contributed by atoms with Crippen molar-refractivity contribution in [2.24, 2.45) is 0 Å². The maximum Gasteiger partial charge on any atom is 0.258 e. The fourth-order valence-corrected chi connectivity index (χ4v) is 4.52. The van der Waals surface area contributed by atoms with E-state index in [2.05, 4.69) is 36.2 Å². The molecule has 1 atom stereocenters. The Bertz CT molecular complexity index is 1710. The molecule has 0 aliphatic rings. The molecule has 5 aromatic rings. The average Bonchev–Trinajstić information content (AvgIpc) is 3.47. The van der Waals surface area contributed by atoms with Crippen LogP contribution in [0.5, 0.6) is 0 Å². The van der Waals surface area contributed by atoms with Crippen LogP contribution in [0.1, 0.15) is 42.3 Å². The second kappa shape index (κ2) is 11.9. The zero-order valence-electron chi connectivity index (χ0n) is 23.4. The van der Waals surface area contributed by atoms with E-state index in [1.807, 2.05) is 36.4 Å². The van der Waals surface area contributed by atoms with Crippen molar-refractivity contribution in [3.8, 4) is 34.0 Å². The minimum absolute atomic E-state index is 0.0186. The summed E-state index contributed by atoms with van der Waals surface area (Å²) in [5.41, 5.74) is 4.70. The van der Waals surface area contributed by atoms with Gasteiger partial charge in [-0.15, -0.1) is 0 Å². The molecule has 0 spiro atoms. The van der Waals surface area contributed by atoms with Crippen LogP contribution in [0, 0.1) is 11.6 Å². The lowest BCUT2D eigenvalue weighted by molar-refractivity contribution is -0.109. The van der Waals surface area contributed by atoms with Crippen LogP contribution in [-0.4, -0.2) is 28.4 Å². The maximum atomic E-state index is 14.1. The number of nitrogens with zero attached hydrogens (tertiary/aromatic N) is 2. The van der Waals surface area contributed by atoms with E-state index < -0.39 is 17.7 Å². The average molecular weight is 566 g/mol. The molecule has 8 heteroatoms. The van der Waals surface area contributed by atoms with E-state index in [-0.39, 0.29) is 11.3 Å². The van der Waals surface area contributed by atoms with Gasteiger partial charge in [0.2, 0.25) is 5.82 Å². The van der Waals surface area contributed by atoms with E-state index in [0.717, 1.165) is 23.5 Å². The van der Waals surface area contributed by atoms with Crippen molar-refractivity contribution in [2.45, 2.75) is 38.6 Å². The highest BCUT2D eigenvalue weighted by Gasteiger charge is 2.17. The van der Waals surface area contributed by atoms with Crippen LogP contribution in [-0.2, 0) is 16.6 Å². The number of amides is 1. The Kier molecular flexibility index (Phi) is 8.06. The molecule has 5 rings (SSSR count). The molecule has 1 N–H and O–H groups in total. The van der Waals surface area contributed by atoms with Gasteiger partial charge in [-0.1, -0.05) is 74.5 Å². The molecule has 1 aromatic heterocycles. The van der Waals surface area contributed by atoms with E-state index in [0.29, 0.717) is 46.0 Å². The fraction of sp³-hybridized carbons (Fsp3) is 0.176. The van der Waals surface area contributed by atoms with Crippen LogP contribution in [0.15, 0.2) is 95.5 Å². The molecule has 0 radical (unpaired) electrons. The first-order chi connectivity index (χ1) is 20.1. The summed E-state index contributed by atoms with van der Waals surface area (Å²) in [7, 11) is 0. The first-order valence-corrected chi connectivity index (χ1v) is 13.5. The number of benzene rings is 4. The molecule has 0 fully saturated rings. The highest BCUT2D eigenvalue weighted by Crippen LogP contribution is 2.28. The minimum atomic E-state index is -0.686. The SMILES string of the molecule is CC(C)(C)c1ccc(C(=O)NC(C=O)Cc2ccc(-c3noc(-c4ccc(-c5ccc(F)cc5F)cc4)n3)cc2)cc1. The van der Waals surface area contributed by atoms with Gasteiger partial charge in [-0.25, -0.2) is 8.78 Å². The Balaban J connectivity index is 1.22. The van der Waals surface area contributed by atoms with Gasteiger partial charge in [-0.05, 0) is 64.9 Å². The standard InChI is InChI=1S/C34H29F2N3O3/c1-34(2,3)26-14-12-24(13-15-26)32(41)37-28(20-40)18-21-4-6-23(7-5-21)31-38-33(42-39-31)25-10-8-22(9-11-25)29-17-16-27(35)19-30(29)36/h4-17,19-20,28H,18H2,1-3H3,(H,37,41). The van der Waals surface area contributed by atoms with E-state index in [1.54, 1.807) is 36.4 Å². The van der Waals surface area contributed by atoms with Gasteiger partial charge in [0.1, 0.15) is 17.9 Å². The lowest BCUT2D eigenvalue weighted by atomic mass is 9.86. The number of carbonyl (C=O) groups excluding carboxylic acids is 2. The van der Waals surface area contributed by atoms with E-state index in [1.165, 1.54) is 12.1 Å². The first-order valence-electron chi connectivity index (χ1n) is 13.5. The zero-order valence-corrected chi connectivity index (χ0v) is 23.4. The zero-order chi connectivity index (χ0) is 29.9. The van der Waals surface area contributed by atoms with Crippen molar-refractivity contribution in [2.75, 3.05) is 0 Å². The Hall–Kier alpha value is -4.98. The van der Waals surface area contributed by atoms with Crippen molar-refractivity contribution < 1.29 is 22.9 Å². The molecule has 212 valence electrons. The molecule has 42 heavy (non-hydrogen) atoms. The van der Waals surface area contributed by atoms with Gasteiger partial charge >= 0.3 is 0 Å². The van der Waals surface area contributed by atoms with Crippen LogP contribution in [0.4, 0.5) is 8.78 Å². The highest BCUT2D eigenvalue weighted by molar-refractivity contribution is 5.95. The van der Waals surface area contributed by atoms with Crippen LogP contribution in [0.2, 0.25) is 0 Å². The number of aromatic nitrogens is 2. The van der Waals surface area contributed by atoms with Crippen molar-refractivity contribution in [1.29, 1.82) is 0 Å². The summed E-state index contributed by atoms with van der Waals surface area (Å²) < 4.78 is 32.8. The first kappa shape index (κ1) is 28.5. The maximum absolute atomic E-state index is 14.1. The van der Waals surface area contributed by atoms with Crippen molar-refractivity contribution in [1.82, 2.24) is 15.5 Å². The molecule has 4 aromatic carbocycles. The Labute approximate surface area is 242 Å². The third-order valence-electron chi connectivity index (χ3n) is 6.96. The summed E-state index contributed by atoms with van der Waals surface area (Å²) in [6.07, 6.45) is 1.06. The van der Waals surface area contributed by atoms with Gasteiger partial charge in [-0.2, -0.15) is 4.98 Å². The smallest absolute Gasteiger partial charge is 0.258 e. The largest absolute Gasteiger partial charge is 0.342 e. The number of rotatable bonds is 8. The number of halogens is 2. The molecule has 0 saturated heterocycles. The quantitative estimate of drug-likeness (QED) is 0.201. The number of hydrogen-bond donors (Lipinski definition) is 1. The van der Waals surface area contributed by atoms with Gasteiger partial charge in [-0.3, -0.25) is 4.79 Å². The van der Waals surface area contributed by atoms with Gasteiger partial charge < -0.3 is 14.6 Å². The lowest BCUT2D eigenvalue weighted by Gasteiger charge is -2.19. The molecule has 0 aliphatic carbocycles. The summed E-state index contributed by atoms with van der Waals surface area (Å²) in [5.74, 6) is -0.908. The number of hydrogen-bond acceptors (Lipinski definition) is 5. The normalized spacial score (nSPS) is 12.1.